The SMILES string of the molecule is CCCCCCC/C=C\CCCCCCCC(=O)OCCCCCCCCCCCCCCCCCCCCCCCCCC(=O)NC(CO)C(O)CCCCCCCCCCC. The summed E-state index contributed by atoms with van der Waals surface area (Å²) in [5.74, 6) is -0.0300. The Kier molecular flexibility index (Phi) is 52.0. The Labute approximate surface area is 393 Å². The molecule has 3 N–H and O–H groups in total. The summed E-state index contributed by atoms with van der Waals surface area (Å²) in [7, 11) is 0. The van der Waals surface area contributed by atoms with Gasteiger partial charge in [0.25, 0.3) is 0 Å². The number of rotatable bonds is 53. The summed E-state index contributed by atoms with van der Waals surface area (Å²) in [6.45, 7) is 4.93. The van der Waals surface area contributed by atoms with Gasteiger partial charge in [-0.05, 0) is 51.4 Å². The first-order chi connectivity index (χ1) is 31.0. The number of carbonyl (C=O) groups is 2. The summed E-state index contributed by atoms with van der Waals surface area (Å²) in [4.78, 5) is 24.4. The van der Waals surface area contributed by atoms with E-state index in [1.54, 1.807) is 0 Å². The predicted molar refractivity (Wildman–Crippen MR) is 273 cm³/mol. The fourth-order valence-corrected chi connectivity index (χ4v) is 8.93. The molecule has 2 unspecified atom stereocenters. The van der Waals surface area contributed by atoms with Crippen molar-refractivity contribution in [3.8, 4) is 0 Å². The number of aliphatic hydroxyl groups excluding tert-OH is 2. The number of aliphatic hydroxyl groups is 2. The van der Waals surface area contributed by atoms with Crippen LogP contribution in [0.5, 0.6) is 0 Å². The lowest BCUT2D eigenvalue weighted by Crippen LogP contribution is -2.45. The lowest BCUT2D eigenvalue weighted by molar-refractivity contribution is -0.143. The van der Waals surface area contributed by atoms with Crippen LogP contribution in [0.2, 0.25) is 0 Å². The molecule has 0 bridgehead atoms. The van der Waals surface area contributed by atoms with Crippen molar-refractivity contribution >= 4 is 11.9 Å². The molecule has 0 aromatic rings. The summed E-state index contributed by atoms with van der Waals surface area (Å²) >= 11 is 0. The minimum absolute atomic E-state index is 0.00601. The first-order valence-electron chi connectivity index (χ1n) is 28.4. The summed E-state index contributed by atoms with van der Waals surface area (Å²) in [5.41, 5.74) is 0. The van der Waals surface area contributed by atoms with Crippen LogP contribution in [0.1, 0.15) is 316 Å². The average Bonchev–Trinajstić information content (AvgIpc) is 3.28. The number of nitrogens with one attached hydrogen (secondary N) is 1. The van der Waals surface area contributed by atoms with Crippen molar-refractivity contribution in [1.82, 2.24) is 5.32 Å². The van der Waals surface area contributed by atoms with Crippen LogP contribution in [-0.4, -0.2) is 47.4 Å². The Morgan fingerprint density at radius 3 is 1.13 bits per heavy atom. The van der Waals surface area contributed by atoms with Crippen molar-refractivity contribution in [2.75, 3.05) is 13.2 Å². The van der Waals surface area contributed by atoms with Crippen molar-refractivity contribution in [3.05, 3.63) is 12.2 Å². The van der Waals surface area contributed by atoms with Crippen LogP contribution >= 0.6 is 0 Å². The number of carbonyl (C=O) groups excluding carboxylic acids is 2. The number of ether oxygens (including phenoxy) is 1. The van der Waals surface area contributed by atoms with Gasteiger partial charge >= 0.3 is 5.97 Å². The minimum atomic E-state index is -0.660. The number of hydrogen-bond donors (Lipinski definition) is 3. The van der Waals surface area contributed by atoms with Gasteiger partial charge < -0.3 is 20.3 Å². The maximum Gasteiger partial charge on any atom is 0.305 e. The van der Waals surface area contributed by atoms with Crippen LogP contribution in [0.4, 0.5) is 0 Å². The molecule has 0 aromatic carbocycles. The standard InChI is InChI=1S/C57H111NO5/c1-3-5-7-9-11-13-14-15-28-31-35-39-43-47-51-57(62)63-52-48-44-40-36-32-29-26-24-22-20-18-16-17-19-21-23-25-27-30-34-38-42-46-50-56(61)58-54(53-59)55(60)49-45-41-37-33-12-10-8-6-4-2/h14-15,54-55,59-60H,3-13,16-53H2,1-2H3,(H,58,61)/b15-14-. The average molecular weight is 891 g/mol. The van der Waals surface area contributed by atoms with Gasteiger partial charge in [-0.25, -0.2) is 0 Å². The molecule has 0 saturated carbocycles. The van der Waals surface area contributed by atoms with E-state index in [0.29, 0.717) is 25.9 Å². The van der Waals surface area contributed by atoms with E-state index in [1.807, 2.05) is 0 Å². The van der Waals surface area contributed by atoms with Crippen LogP contribution < -0.4 is 5.32 Å². The van der Waals surface area contributed by atoms with Gasteiger partial charge in [-0.3, -0.25) is 9.59 Å². The molecule has 0 aliphatic carbocycles. The molecule has 0 fully saturated rings. The van der Waals surface area contributed by atoms with Crippen LogP contribution in [-0.2, 0) is 14.3 Å². The Morgan fingerprint density at radius 2 is 0.746 bits per heavy atom. The second-order valence-electron chi connectivity index (χ2n) is 19.6. The second-order valence-corrected chi connectivity index (χ2v) is 19.6. The molecule has 374 valence electrons. The van der Waals surface area contributed by atoms with Gasteiger partial charge in [-0.2, -0.15) is 0 Å². The summed E-state index contributed by atoms with van der Waals surface area (Å²) in [6.07, 6.45) is 62.1. The van der Waals surface area contributed by atoms with E-state index in [0.717, 1.165) is 44.9 Å². The van der Waals surface area contributed by atoms with Crippen molar-refractivity contribution in [3.63, 3.8) is 0 Å². The first kappa shape index (κ1) is 61.6. The highest BCUT2D eigenvalue weighted by Gasteiger charge is 2.20. The number of hydrogen-bond acceptors (Lipinski definition) is 5. The molecule has 1 amide bonds. The quantitative estimate of drug-likeness (QED) is 0.0321. The molecule has 6 nitrogen and oxygen atoms in total. The van der Waals surface area contributed by atoms with E-state index in [2.05, 4.69) is 31.3 Å². The Hall–Kier alpha value is -1.40. The zero-order valence-corrected chi connectivity index (χ0v) is 42.6. The van der Waals surface area contributed by atoms with Crippen molar-refractivity contribution < 1.29 is 24.5 Å². The molecule has 63 heavy (non-hydrogen) atoms. The normalized spacial score (nSPS) is 12.6. The molecule has 6 heteroatoms. The topological polar surface area (TPSA) is 95.9 Å². The number of unbranched alkanes of at least 4 members (excludes halogenated alkanes) is 40. The third-order valence-electron chi connectivity index (χ3n) is 13.3. The molecule has 0 rings (SSSR count). The molecule has 2 atom stereocenters. The summed E-state index contributed by atoms with van der Waals surface area (Å²) < 4.78 is 5.47. The van der Waals surface area contributed by atoms with Crippen LogP contribution in [0.3, 0.4) is 0 Å². The number of esters is 1. The van der Waals surface area contributed by atoms with E-state index >= 15 is 0 Å². The first-order valence-corrected chi connectivity index (χ1v) is 28.4. The van der Waals surface area contributed by atoms with Crippen molar-refractivity contribution in [1.29, 1.82) is 0 Å². The largest absolute Gasteiger partial charge is 0.466 e. The highest BCUT2D eigenvalue weighted by molar-refractivity contribution is 5.76. The summed E-state index contributed by atoms with van der Waals surface area (Å²) in [6, 6.07) is -0.538. The molecule has 0 aromatic heterocycles. The van der Waals surface area contributed by atoms with Gasteiger partial charge in [0.05, 0.1) is 25.4 Å². The third-order valence-corrected chi connectivity index (χ3v) is 13.3. The van der Waals surface area contributed by atoms with Crippen LogP contribution in [0.25, 0.3) is 0 Å². The summed E-state index contributed by atoms with van der Waals surface area (Å²) in [5, 5.41) is 23.1. The van der Waals surface area contributed by atoms with Gasteiger partial charge in [0.1, 0.15) is 0 Å². The minimum Gasteiger partial charge on any atom is -0.466 e. The zero-order chi connectivity index (χ0) is 45.8. The molecular weight excluding hydrogens is 779 g/mol. The molecule has 0 aliphatic rings. The van der Waals surface area contributed by atoms with Gasteiger partial charge in [-0.15, -0.1) is 0 Å². The Balaban J connectivity index is 3.33. The monoisotopic (exact) mass is 890 g/mol. The lowest BCUT2D eigenvalue weighted by Gasteiger charge is -2.22. The van der Waals surface area contributed by atoms with E-state index in [1.165, 1.54) is 238 Å². The fraction of sp³-hybridized carbons (Fsp3) is 0.930. The second kappa shape index (κ2) is 53.2. The van der Waals surface area contributed by atoms with E-state index in [-0.39, 0.29) is 18.5 Å². The third kappa shape index (κ3) is 49.9. The van der Waals surface area contributed by atoms with E-state index in [9.17, 15) is 19.8 Å². The van der Waals surface area contributed by atoms with Crippen LogP contribution in [0.15, 0.2) is 12.2 Å². The molecule has 0 saturated heterocycles. The molecule has 0 spiro atoms. The Morgan fingerprint density at radius 1 is 0.429 bits per heavy atom. The Bertz CT molecular complexity index is 939. The maximum absolute atomic E-state index is 12.4. The van der Waals surface area contributed by atoms with Gasteiger partial charge in [0.2, 0.25) is 5.91 Å². The predicted octanol–water partition coefficient (Wildman–Crippen LogP) is 17.3. The zero-order valence-electron chi connectivity index (χ0n) is 42.6. The number of allylic oxidation sites excluding steroid dienone is 2. The molecular formula is C57H111NO5. The van der Waals surface area contributed by atoms with E-state index < -0.39 is 12.1 Å². The highest BCUT2D eigenvalue weighted by Crippen LogP contribution is 2.17. The lowest BCUT2D eigenvalue weighted by atomic mass is 10.0. The molecule has 0 heterocycles. The maximum atomic E-state index is 12.4. The van der Waals surface area contributed by atoms with Crippen LogP contribution in [0, 0.1) is 0 Å². The van der Waals surface area contributed by atoms with Gasteiger partial charge in [-0.1, -0.05) is 264 Å². The van der Waals surface area contributed by atoms with Crippen molar-refractivity contribution in [2.24, 2.45) is 0 Å². The fourth-order valence-electron chi connectivity index (χ4n) is 8.93. The van der Waals surface area contributed by atoms with Gasteiger partial charge in [0, 0.05) is 12.8 Å². The van der Waals surface area contributed by atoms with E-state index in [4.69, 9.17) is 4.74 Å². The van der Waals surface area contributed by atoms with Gasteiger partial charge in [0.15, 0.2) is 0 Å². The number of amides is 1. The smallest absolute Gasteiger partial charge is 0.305 e. The van der Waals surface area contributed by atoms with Crippen molar-refractivity contribution in [2.45, 2.75) is 328 Å². The molecule has 0 radical (unpaired) electrons. The molecule has 0 aliphatic heterocycles. The highest BCUT2D eigenvalue weighted by atomic mass is 16.5.